The Labute approximate surface area is 85.3 Å². The molecule has 0 bridgehead atoms. The third-order valence-electron chi connectivity index (χ3n) is 1.33. The predicted octanol–water partition coefficient (Wildman–Crippen LogP) is 1.54. The van der Waals surface area contributed by atoms with Gasteiger partial charge in [-0.2, -0.15) is 0 Å². The van der Waals surface area contributed by atoms with E-state index in [9.17, 15) is 9.59 Å². The van der Waals surface area contributed by atoms with E-state index in [1.165, 1.54) is 12.1 Å². The molecule has 74 valence electrons. The smallest absolute Gasteiger partial charge is 0.246 e. The number of rotatable bonds is 2. The maximum absolute atomic E-state index is 11.1. The molecule has 1 aromatic carbocycles. The lowest BCUT2D eigenvalue weighted by atomic mass is 10.2. The molecule has 0 atom stereocenters. The maximum atomic E-state index is 11.1. The van der Waals surface area contributed by atoms with E-state index in [0.29, 0.717) is 5.56 Å². The van der Waals surface area contributed by atoms with Gasteiger partial charge in [-0.15, -0.1) is 11.6 Å². The lowest BCUT2D eigenvalue weighted by Gasteiger charge is -2.00. The lowest BCUT2D eigenvalue weighted by Crippen LogP contribution is -2.12. The van der Waals surface area contributed by atoms with Gasteiger partial charge in [0, 0.05) is 0 Å². The quantitative estimate of drug-likeness (QED) is 0.426. The summed E-state index contributed by atoms with van der Waals surface area (Å²) in [7, 11) is 0. The van der Waals surface area contributed by atoms with E-state index in [1.54, 1.807) is 18.2 Å². The second kappa shape index (κ2) is 5.24. The molecule has 1 rings (SSSR count). The Morgan fingerprint density at radius 1 is 1.14 bits per heavy atom. The zero-order valence-electron chi connectivity index (χ0n) is 7.10. The van der Waals surface area contributed by atoms with Gasteiger partial charge in [-0.3, -0.25) is 0 Å². The number of carbonyl (C=O) groups excluding carboxylic acids is 2. The van der Waals surface area contributed by atoms with Crippen molar-refractivity contribution in [2.24, 2.45) is 0 Å². The number of halogens is 1. The number of carbonyl (C=O) groups is 2. The summed E-state index contributed by atoms with van der Waals surface area (Å²) in [5.41, 5.74) is 0.301. The number of benzene rings is 1. The molecular formula is C9H7ClO4. The first-order valence-electron chi connectivity index (χ1n) is 3.76. The molecule has 0 radical (unpaired) electrons. The van der Waals surface area contributed by atoms with Gasteiger partial charge in [-0.05, 0) is 12.1 Å². The average molecular weight is 215 g/mol. The van der Waals surface area contributed by atoms with Crippen molar-refractivity contribution >= 4 is 23.5 Å². The molecule has 0 N–H and O–H groups in total. The maximum Gasteiger partial charge on any atom is 0.386 e. The number of hydrogen-bond donors (Lipinski definition) is 0. The summed E-state index contributed by atoms with van der Waals surface area (Å²) in [6, 6.07) is 8.16. The molecule has 0 aromatic heterocycles. The molecule has 0 amide bonds. The molecule has 0 spiro atoms. The molecule has 0 aliphatic heterocycles. The van der Waals surface area contributed by atoms with Gasteiger partial charge in [0.25, 0.3) is 0 Å². The summed E-state index contributed by atoms with van der Waals surface area (Å²) in [6.45, 7) is 0. The third-order valence-corrected chi connectivity index (χ3v) is 1.55. The molecule has 0 heterocycles. The van der Waals surface area contributed by atoms with Crippen LogP contribution in [0.4, 0.5) is 0 Å². The van der Waals surface area contributed by atoms with Crippen LogP contribution in [-0.2, 0) is 14.6 Å². The van der Waals surface area contributed by atoms with E-state index in [1.807, 2.05) is 0 Å². The third kappa shape index (κ3) is 3.06. The van der Waals surface area contributed by atoms with Gasteiger partial charge < -0.3 is 0 Å². The van der Waals surface area contributed by atoms with Gasteiger partial charge >= 0.3 is 11.9 Å². The van der Waals surface area contributed by atoms with E-state index in [4.69, 9.17) is 11.6 Å². The molecule has 4 nitrogen and oxygen atoms in total. The minimum atomic E-state index is -0.809. The van der Waals surface area contributed by atoms with E-state index in [0.717, 1.165) is 0 Å². The van der Waals surface area contributed by atoms with Crippen molar-refractivity contribution < 1.29 is 19.4 Å². The monoisotopic (exact) mass is 214 g/mol. The van der Waals surface area contributed by atoms with Gasteiger partial charge in [-0.1, -0.05) is 18.2 Å². The highest BCUT2D eigenvalue weighted by atomic mass is 35.5. The second-order valence-electron chi connectivity index (χ2n) is 2.33. The Kier molecular flexibility index (Phi) is 3.94. The molecule has 5 heteroatoms. The fraction of sp³-hybridized carbons (Fsp3) is 0.111. The van der Waals surface area contributed by atoms with Crippen molar-refractivity contribution in [1.29, 1.82) is 0 Å². The van der Waals surface area contributed by atoms with Crippen LogP contribution in [0.5, 0.6) is 0 Å². The molecule has 0 unspecified atom stereocenters. The average Bonchev–Trinajstić information content (AvgIpc) is 2.26. The predicted molar refractivity (Wildman–Crippen MR) is 48.7 cm³/mol. The lowest BCUT2D eigenvalue weighted by molar-refractivity contribution is -0.231. The minimum Gasteiger partial charge on any atom is -0.246 e. The summed E-state index contributed by atoms with van der Waals surface area (Å²) < 4.78 is 0. The highest BCUT2D eigenvalue weighted by Crippen LogP contribution is 2.01. The van der Waals surface area contributed by atoms with Crippen molar-refractivity contribution in [2.45, 2.75) is 0 Å². The fourth-order valence-corrected chi connectivity index (χ4v) is 0.773. The van der Waals surface area contributed by atoms with Crippen LogP contribution in [0.1, 0.15) is 10.4 Å². The highest BCUT2D eigenvalue weighted by Gasteiger charge is 2.10. The first-order chi connectivity index (χ1) is 6.74. The highest BCUT2D eigenvalue weighted by molar-refractivity contribution is 6.26. The van der Waals surface area contributed by atoms with E-state index in [-0.39, 0.29) is 5.88 Å². The molecule has 1 aromatic rings. The largest absolute Gasteiger partial charge is 0.386 e. The molecular weight excluding hydrogens is 208 g/mol. The van der Waals surface area contributed by atoms with Gasteiger partial charge in [0.05, 0.1) is 5.56 Å². The van der Waals surface area contributed by atoms with Gasteiger partial charge in [0.2, 0.25) is 0 Å². The Balaban J connectivity index is 2.48. The van der Waals surface area contributed by atoms with Gasteiger partial charge in [-0.25, -0.2) is 19.4 Å². The Hall–Kier alpha value is -1.55. The van der Waals surface area contributed by atoms with Crippen LogP contribution in [0.25, 0.3) is 0 Å². The molecule has 0 saturated carbocycles. The SMILES string of the molecule is O=C(CCl)OOC(=O)c1ccccc1. The molecule has 0 fully saturated rings. The van der Waals surface area contributed by atoms with Crippen LogP contribution in [0.3, 0.4) is 0 Å². The zero-order valence-corrected chi connectivity index (χ0v) is 7.86. The summed E-state index contributed by atoms with van der Waals surface area (Å²) in [6.07, 6.45) is 0. The Bertz CT molecular complexity index is 323. The van der Waals surface area contributed by atoms with Crippen LogP contribution < -0.4 is 0 Å². The molecule has 14 heavy (non-hydrogen) atoms. The normalized spacial score (nSPS) is 9.21. The van der Waals surface area contributed by atoms with Crippen molar-refractivity contribution in [3.63, 3.8) is 0 Å². The Morgan fingerprint density at radius 2 is 1.79 bits per heavy atom. The summed E-state index contributed by atoms with van der Waals surface area (Å²) in [5.74, 6) is -1.90. The van der Waals surface area contributed by atoms with Crippen LogP contribution >= 0.6 is 11.6 Å². The van der Waals surface area contributed by atoms with Crippen molar-refractivity contribution in [1.82, 2.24) is 0 Å². The summed E-state index contributed by atoms with van der Waals surface area (Å²) in [4.78, 5) is 29.9. The number of hydrogen-bond acceptors (Lipinski definition) is 4. The van der Waals surface area contributed by atoms with Gasteiger partial charge in [0.1, 0.15) is 5.88 Å². The standard InChI is InChI=1S/C9H7ClO4/c10-6-8(11)13-14-9(12)7-4-2-1-3-5-7/h1-5H,6H2. The molecule has 0 aliphatic carbocycles. The first-order valence-corrected chi connectivity index (χ1v) is 4.30. The number of alkyl halides is 1. The Morgan fingerprint density at radius 3 is 2.36 bits per heavy atom. The first kappa shape index (κ1) is 10.5. The second-order valence-corrected chi connectivity index (χ2v) is 2.59. The van der Waals surface area contributed by atoms with Crippen LogP contribution in [0.2, 0.25) is 0 Å². The fourth-order valence-electron chi connectivity index (χ4n) is 0.729. The van der Waals surface area contributed by atoms with Crippen LogP contribution in [0, 0.1) is 0 Å². The topological polar surface area (TPSA) is 52.6 Å². The van der Waals surface area contributed by atoms with E-state index < -0.39 is 11.9 Å². The summed E-state index contributed by atoms with van der Waals surface area (Å²) in [5, 5.41) is 0. The van der Waals surface area contributed by atoms with Crippen molar-refractivity contribution in [3.05, 3.63) is 35.9 Å². The summed E-state index contributed by atoms with van der Waals surface area (Å²) >= 11 is 5.12. The van der Waals surface area contributed by atoms with E-state index in [2.05, 4.69) is 9.78 Å². The molecule has 0 aliphatic rings. The van der Waals surface area contributed by atoms with E-state index >= 15 is 0 Å². The zero-order chi connectivity index (χ0) is 10.4. The van der Waals surface area contributed by atoms with Crippen LogP contribution in [-0.4, -0.2) is 17.8 Å². The van der Waals surface area contributed by atoms with Crippen molar-refractivity contribution in [3.8, 4) is 0 Å². The molecule has 0 saturated heterocycles. The van der Waals surface area contributed by atoms with Gasteiger partial charge in [0.15, 0.2) is 0 Å². The minimum absolute atomic E-state index is 0.301. The van der Waals surface area contributed by atoms with Crippen LogP contribution in [0.15, 0.2) is 30.3 Å². The van der Waals surface area contributed by atoms with Crippen molar-refractivity contribution in [2.75, 3.05) is 5.88 Å².